The number of hydrogen-bond acceptors (Lipinski definition) is 0. The molecule has 0 amide bonds. The molecule has 135 valence electrons. The molecule has 0 aliphatic heterocycles. The van der Waals surface area contributed by atoms with E-state index < -0.39 is 16.1 Å². The third-order valence-corrected chi connectivity index (χ3v) is 6.92. The first kappa shape index (κ1) is 32.7. The van der Waals surface area contributed by atoms with Gasteiger partial charge in [-0.25, -0.2) is 22.5 Å². The Morgan fingerprint density at radius 2 is 1.00 bits per heavy atom. The van der Waals surface area contributed by atoms with Crippen molar-refractivity contribution in [3.63, 3.8) is 0 Å². The van der Waals surface area contributed by atoms with Gasteiger partial charge in [-0.1, -0.05) is 52.4 Å². The zero-order valence-electron chi connectivity index (χ0n) is 16.6. The molecule has 1 radical (unpaired) electrons. The van der Waals surface area contributed by atoms with Gasteiger partial charge in [0, 0.05) is 25.7 Å². The summed E-state index contributed by atoms with van der Waals surface area (Å²) in [6.45, 7) is 18.5. The molecule has 0 saturated heterocycles. The average Bonchev–Trinajstić information content (AvgIpc) is 3.03. The molecule has 0 heterocycles. The zero-order chi connectivity index (χ0) is 16.5. The Kier molecular flexibility index (Phi) is 22.1. The van der Waals surface area contributed by atoms with Crippen molar-refractivity contribution in [3.05, 3.63) is 46.8 Å². The van der Waals surface area contributed by atoms with Crippen molar-refractivity contribution >= 4 is 25.7 Å². The van der Waals surface area contributed by atoms with Crippen LogP contribution in [0.5, 0.6) is 0 Å². The van der Waals surface area contributed by atoms with E-state index in [0.717, 1.165) is 22.4 Å². The fraction of sp³-hybridized carbons (Fsp3) is 0.556. The molecule has 0 saturated carbocycles. The molecule has 0 atom stereocenters. The van der Waals surface area contributed by atoms with Crippen molar-refractivity contribution in [1.29, 1.82) is 0 Å². The van der Waals surface area contributed by atoms with Crippen LogP contribution in [-0.2, 0) is 25.8 Å². The van der Waals surface area contributed by atoms with Gasteiger partial charge in [0.2, 0.25) is 0 Å². The summed E-state index contributed by atoms with van der Waals surface area (Å²) in [6.07, 6.45) is 17.6. The van der Waals surface area contributed by atoms with Crippen LogP contribution >= 0.6 is 0 Å². The van der Waals surface area contributed by atoms with Gasteiger partial charge in [-0.15, -0.1) is 12.8 Å². The summed E-state index contributed by atoms with van der Waals surface area (Å²) >= 11 is 0. The molecule has 2 aliphatic rings. The minimum atomic E-state index is -1.01. The summed E-state index contributed by atoms with van der Waals surface area (Å²) in [4.78, 5) is 0. The standard InChI is InChI=1S/2C8H13Si.C2H7Si.2ClH.Hf/c2*1-9(2,3)8-6-4-5-7-8;1-3-2;;;/h2*4,6H,5H2,1-3H3;3H,1-2H3;2*1H;/q2*-1;;;;+4/p-2. The van der Waals surface area contributed by atoms with Gasteiger partial charge in [-0.3, -0.25) is 12.2 Å². The van der Waals surface area contributed by atoms with Crippen LogP contribution in [0.1, 0.15) is 12.8 Å². The van der Waals surface area contributed by atoms with Gasteiger partial charge in [-0.2, -0.15) is 12.2 Å². The van der Waals surface area contributed by atoms with Gasteiger partial charge >= 0.3 is 25.8 Å². The van der Waals surface area contributed by atoms with E-state index in [9.17, 15) is 0 Å². The van der Waals surface area contributed by atoms with Crippen LogP contribution in [0.15, 0.2) is 34.7 Å². The maximum absolute atomic E-state index is 3.36. The molecule has 24 heavy (non-hydrogen) atoms. The molecular weight excluding hydrogens is 550 g/mol. The maximum Gasteiger partial charge on any atom is 4.00 e. The smallest absolute Gasteiger partial charge is 1.00 e. The summed E-state index contributed by atoms with van der Waals surface area (Å²) in [7, 11) is -1.26. The zero-order valence-corrected chi connectivity index (χ0v) is 24.8. The molecule has 0 nitrogen and oxygen atoms in total. The minimum absolute atomic E-state index is 0. The molecule has 0 fully saturated rings. The Labute approximate surface area is 187 Å². The molecular formula is C18H33Cl2HfSi3. The van der Waals surface area contributed by atoms with Gasteiger partial charge in [0.1, 0.15) is 0 Å². The Balaban J connectivity index is -0.000000130. The van der Waals surface area contributed by atoms with Gasteiger partial charge in [0.05, 0.1) is 0 Å². The summed E-state index contributed by atoms with van der Waals surface area (Å²) in [5.41, 5.74) is 0. The van der Waals surface area contributed by atoms with E-state index in [4.69, 9.17) is 0 Å². The second kappa shape index (κ2) is 16.3. The van der Waals surface area contributed by atoms with Gasteiger partial charge in [0.25, 0.3) is 0 Å². The number of rotatable bonds is 2. The van der Waals surface area contributed by atoms with Crippen molar-refractivity contribution < 1.29 is 50.7 Å². The second-order valence-electron chi connectivity index (χ2n) is 7.47. The Morgan fingerprint density at radius 1 is 0.750 bits per heavy atom. The largest absolute Gasteiger partial charge is 4.00 e. The summed E-state index contributed by atoms with van der Waals surface area (Å²) in [5.74, 6) is 0. The average molecular weight is 583 g/mol. The Bertz CT molecular complexity index is 389. The van der Waals surface area contributed by atoms with Crippen LogP contribution in [0.4, 0.5) is 0 Å². The summed E-state index contributed by atoms with van der Waals surface area (Å²) < 4.78 is 0. The molecule has 0 bridgehead atoms. The van der Waals surface area contributed by atoms with Crippen LogP contribution in [0.25, 0.3) is 0 Å². The van der Waals surface area contributed by atoms with E-state index in [1.165, 1.54) is 10.4 Å². The Hall–Kier alpha value is 1.06. The van der Waals surface area contributed by atoms with Crippen LogP contribution in [0, 0.1) is 12.2 Å². The monoisotopic (exact) mass is 583 g/mol. The molecule has 0 N–H and O–H groups in total. The molecule has 0 aromatic rings. The van der Waals surface area contributed by atoms with Gasteiger partial charge in [0.15, 0.2) is 0 Å². The van der Waals surface area contributed by atoms with Crippen molar-refractivity contribution in [3.8, 4) is 0 Å². The predicted octanol–water partition coefficient (Wildman–Crippen LogP) is -0.369. The van der Waals surface area contributed by atoms with Crippen molar-refractivity contribution in [2.75, 3.05) is 0 Å². The van der Waals surface area contributed by atoms with E-state index in [2.05, 4.69) is 88.8 Å². The third kappa shape index (κ3) is 15.3. The third-order valence-electron chi connectivity index (χ3n) is 3.01. The topological polar surface area (TPSA) is 0 Å². The number of allylic oxidation sites excluding steroid dienone is 8. The first-order valence-corrected chi connectivity index (χ1v) is 17.2. The summed E-state index contributed by atoms with van der Waals surface area (Å²) in [5, 5.41) is 2.98. The number of hydrogen-bond donors (Lipinski definition) is 0. The van der Waals surface area contributed by atoms with E-state index in [0.29, 0.717) is 0 Å². The quantitative estimate of drug-likeness (QED) is 0.308. The van der Waals surface area contributed by atoms with Crippen molar-refractivity contribution in [2.45, 2.75) is 65.2 Å². The van der Waals surface area contributed by atoms with Crippen LogP contribution in [0.3, 0.4) is 0 Å². The van der Waals surface area contributed by atoms with E-state index in [1.54, 1.807) is 0 Å². The number of halogens is 2. The SMILES string of the molecule is C[SiH]C.C[Si](C)(C)C1=[C-]CC=C1.C[Si](C)(C)C1=[C-]CC=C1.[Cl-].[Cl-].[Hf+4]. The Morgan fingerprint density at radius 3 is 1.08 bits per heavy atom. The minimum Gasteiger partial charge on any atom is -1.00 e. The molecule has 0 unspecified atom stereocenters. The fourth-order valence-corrected chi connectivity index (χ4v) is 4.34. The first-order valence-electron chi connectivity index (χ1n) is 7.92. The molecule has 0 aromatic heterocycles. The first-order chi connectivity index (χ1) is 9.62. The van der Waals surface area contributed by atoms with Crippen LogP contribution in [-0.4, -0.2) is 25.7 Å². The summed E-state index contributed by atoms with van der Waals surface area (Å²) in [6, 6.07) is 0. The van der Waals surface area contributed by atoms with Crippen molar-refractivity contribution in [1.82, 2.24) is 0 Å². The van der Waals surface area contributed by atoms with Gasteiger partial charge in [-0.05, 0) is 0 Å². The fourth-order valence-electron chi connectivity index (χ4n) is 1.84. The second-order valence-corrected chi connectivity index (χ2v) is 18.7. The molecule has 2 aliphatic carbocycles. The molecule has 6 heteroatoms. The van der Waals surface area contributed by atoms with E-state index >= 15 is 0 Å². The molecule has 0 aromatic carbocycles. The van der Waals surface area contributed by atoms with E-state index in [1.807, 2.05) is 0 Å². The molecule has 0 spiro atoms. The maximum atomic E-state index is 3.36. The van der Waals surface area contributed by atoms with E-state index in [-0.39, 0.29) is 50.7 Å². The van der Waals surface area contributed by atoms with Crippen LogP contribution in [0.2, 0.25) is 52.4 Å². The van der Waals surface area contributed by atoms with Crippen molar-refractivity contribution in [2.24, 2.45) is 0 Å². The van der Waals surface area contributed by atoms with Gasteiger partial charge < -0.3 is 24.8 Å². The molecule has 2 rings (SSSR count). The normalized spacial score (nSPS) is 14.5. The van der Waals surface area contributed by atoms with Crippen LogP contribution < -0.4 is 24.8 Å². The predicted molar refractivity (Wildman–Crippen MR) is 107 cm³/mol.